The van der Waals surface area contributed by atoms with Crippen LogP contribution in [0.2, 0.25) is 8.87 Å². The molecule has 2 unspecified atom stereocenters. The van der Waals surface area contributed by atoms with E-state index in [0.717, 1.165) is 25.7 Å². The molecule has 2 atom stereocenters. The molecule has 0 aromatic rings. The molecule has 2 nitrogen and oxygen atoms in total. The number of rotatable bonds is 18. The molecule has 0 rings (SSSR count). The van der Waals surface area contributed by atoms with Crippen LogP contribution in [-0.2, 0) is 25.3 Å². The molecule has 2 N–H and O–H groups in total. The first-order valence-electron chi connectivity index (χ1n) is 12.3. The fraction of sp³-hybridized carbons (Fsp3) is 0.917. The normalized spacial score (nSPS) is 11.8. The molecule has 0 fully saturated rings. The van der Waals surface area contributed by atoms with Crippen LogP contribution >= 0.6 is 24.4 Å². The third-order valence-electron chi connectivity index (χ3n) is 4.62. The molecule has 0 aliphatic carbocycles. The molecule has 0 heterocycles. The molecule has 0 radical (unpaired) electrons. The first kappa shape index (κ1) is 36.9. The van der Waals surface area contributed by atoms with E-state index in [9.17, 15) is 10.2 Å². The Balaban J connectivity index is -0.000000382. The molecule has 0 bridgehead atoms. The van der Waals surface area contributed by atoms with Gasteiger partial charge < -0.3 is 59.9 Å². The predicted octanol–water partition coefficient (Wildman–Crippen LogP) is 7.51. The second-order valence-corrected chi connectivity index (χ2v) is 14.4. The Morgan fingerprint density at radius 1 is 0.613 bits per heavy atom. The van der Waals surface area contributed by atoms with Gasteiger partial charge in [0, 0.05) is 0 Å². The van der Waals surface area contributed by atoms with E-state index in [-0.39, 0.29) is 21.1 Å². The van der Waals surface area contributed by atoms with E-state index in [0.29, 0.717) is 8.39 Å². The first-order chi connectivity index (χ1) is 14.8. The predicted molar refractivity (Wildman–Crippen MR) is 155 cm³/mol. The van der Waals surface area contributed by atoms with Gasteiger partial charge in [0.1, 0.15) is 0 Å². The summed E-state index contributed by atoms with van der Waals surface area (Å²) in [6.45, 7) is 8.90. The molecule has 31 heavy (non-hydrogen) atoms. The van der Waals surface area contributed by atoms with E-state index < -0.39 is 12.2 Å². The van der Waals surface area contributed by atoms with Gasteiger partial charge in [-0.2, -0.15) is 0 Å². The second-order valence-electron chi connectivity index (χ2n) is 7.83. The van der Waals surface area contributed by atoms with Crippen LogP contribution in [0.1, 0.15) is 118 Å². The third-order valence-corrected chi connectivity index (χ3v) is 9.75. The summed E-state index contributed by atoms with van der Waals surface area (Å²) in [6.07, 6.45) is 15.6. The molecular weight excluding hydrogens is 567 g/mol. The van der Waals surface area contributed by atoms with Crippen molar-refractivity contribution >= 4 is 79.2 Å². The van der Waals surface area contributed by atoms with Gasteiger partial charge in [-0.05, 0) is 12.8 Å². The summed E-state index contributed by atoms with van der Waals surface area (Å²) in [7, 11) is 0. The Labute approximate surface area is 226 Å². The van der Waals surface area contributed by atoms with Crippen molar-refractivity contribution in [2.75, 3.05) is 0 Å². The van der Waals surface area contributed by atoms with Gasteiger partial charge in [0.15, 0.2) is 0 Å². The van der Waals surface area contributed by atoms with Crippen LogP contribution in [0.5, 0.6) is 0 Å². The Hall–Kier alpha value is 1.34. The van der Waals surface area contributed by atoms with E-state index in [4.69, 9.17) is 0 Å². The number of thiocarbonyl (C=S) groups is 2. The molecule has 0 spiro atoms. The van der Waals surface area contributed by atoms with Crippen molar-refractivity contribution < 1.29 is 10.2 Å². The molecule has 0 saturated heterocycles. The molecule has 0 aromatic heterocycles. The molecule has 0 aliphatic rings. The van der Waals surface area contributed by atoms with Crippen LogP contribution in [-0.4, -0.2) is 52.0 Å². The third kappa shape index (κ3) is 36.1. The zero-order chi connectivity index (χ0) is 24.3. The van der Waals surface area contributed by atoms with Gasteiger partial charge in [0.05, 0.1) is 12.2 Å². The minimum atomic E-state index is -0.531. The molecular formula is C24H48O2S4Sn. The fourth-order valence-electron chi connectivity index (χ4n) is 2.49. The summed E-state index contributed by atoms with van der Waals surface area (Å²) < 4.78 is 3.86. The van der Waals surface area contributed by atoms with Crippen LogP contribution in [0.15, 0.2) is 0 Å². The van der Waals surface area contributed by atoms with Crippen molar-refractivity contribution in [1.82, 2.24) is 0 Å². The molecule has 0 aliphatic heterocycles. The molecule has 0 saturated carbocycles. The quantitative estimate of drug-likeness (QED) is 0.0720. The van der Waals surface area contributed by atoms with E-state index in [1.807, 2.05) is 0 Å². The van der Waals surface area contributed by atoms with Crippen LogP contribution < -0.4 is 0 Å². The van der Waals surface area contributed by atoms with Crippen LogP contribution in [0.4, 0.5) is 0 Å². The monoisotopic (exact) mass is 616 g/mol. The average Bonchev–Trinajstić information content (AvgIpc) is 2.74. The fourth-order valence-corrected chi connectivity index (χ4v) is 7.12. The second kappa shape index (κ2) is 31.3. The SMILES string of the molecule is CCCCCCC(O)C(=S)[S-].CCCCCCC(O)C(=S)[S-].CCC[CH2][Sn+2][CH2]CCC. The summed E-state index contributed by atoms with van der Waals surface area (Å²) in [5.74, 6) is 0. The summed E-state index contributed by atoms with van der Waals surface area (Å²) in [4.78, 5) is 0. The Morgan fingerprint density at radius 2 is 0.935 bits per heavy atom. The van der Waals surface area contributed by atoms with Gasteiger partial charge in [0.2, 0.25) is 0 Å². The van der Waals surface area contributed by atoms with Gasteiger partial charge in [-0.15, -0.1) is 8.39 Å². The number of hydrogen-bond donors (Lipinski definition) is 2. The van der Waals surface area contributed by atoms with E-state index in [2.05, 4.69) is 77.4 Å². The van der Waals surface area contributed by atoms with E-state index >= 15 is 0 Å². The van der Waals surface area contributed by atoms with Crippen molar-refractivity contribution in [2.45, 2.75) is 139 Å². The number of unbranched alkanes of at least 4 members (excludes halogenated alkanes) is 8. The molecule has 184 valence electrons. The zero-order valence-corrected chi connectivity index (χ0v) is 26.6. The number of aliphatic hydroxyl groups is 2. The van der Waals surface area contributed by atoms with Crippen molar-refractivity contribution in [1.29, 1.82) is 0 Å². The molecule has 7 heteroatoms. The van der Waals surface area contributed by atoms with Gasteiger partial charge in [0.25, 0.3) is 0 Å². The van der Waals surface area contributed by atoms with Gasteiger partial charge in [-0.1, -0.05) is 65.2 Å². The molecule has 0 aromatic carbocycles. The van der Waals surface area contributed by atoms with Gasteiger partial charge >= 0.3 is 69.5 Å². The van der Waals surface area contributed by atoms with Crippen LogP contribution in [0.3, 0.4) is 0 Å². The number of aliphatic hydroxyl groups excluding tert-OH is 2. The van der Waals surface area contributed by atoms with Gasteiger partial charge in [-0.25, -0.2) is 0 Å². The standard InChI is InChI=1S/2C8H16OS2.2C4H9.Sn/c2*1-2-3-4-5-6-7(9)8(10)11;2*1-3-4-2;/h2*7,9H,2-6H2,1H3,(H,10,11);2*1,3-4H2,2H3;/q;;;;+2/p-2. The maximum atomic E-state index is 9.18. The van der Waals surface area contributed by atoms with Crippen LogP contribution in [0.25, 0.3) is 0 Å². The maximum absolute atomic E-state index is 9.18. The van der Waals surface area contributed by atoms with Crippen molar-refractivity contribution in [2.24, 2.45) is 0 Å². The Kier molecular flexibility index (Phi) is 37.3. The molecule has 0 amide bonds. The first-order valence-corrected chi connectivity index (χ1v) is 17.9. The summed E-state index contributed by atoms with van der Waals surface area (Å²) in [5, 5.41) is 18.4. The number of hydrogen-bond acceptors (Lipinski definition) is 6. The van der Waals surface area contributed by atoms with Crippen molar-refractivity contribution in [3.05, 3.63) is 0 Å². The van der Waals surface area contributed by atoms with Gasteiger partial charge in [-0.3, -0.25) is 0 Å². The average molecular weight is 616 g/mol. The summed E-state index contributed by atoms with van der Waals surface area (Å²) in [5.41, 5.74) is 0. The summed E-state index contributed by atoms with van der Waals surface area (Å²) in [6, 6.07) is 0. The summed E-state index contributed by atoms with van der Waals surface area (Å²) >= 11 is 18.8. The van der Waals surface area contributed by atoms with Crippen molar-refractivity contribution in [3.8, 4) is 0 Å². The van der Waals surface area contributed by atoms with E-state index in [1.165, 1.54) is 64.2 Å². The Morgan fingerprint density at radius 3 is 1.19 bits per heavy atom. The zero-order valence-electron chi connectivity index (χ0n) is 20.5. The van der Waals surface area contributed by atoms with Crippen LogP contribution in [0, 0.1) is 0 Å². The van der Waals surface area contributed by atoms with E-state index in [1.54, 1.807) is 8.87 Å². The Bertz CT molecular complexity index is 351. The van der Waals surface area contributed by atoms with Crippen molar-refractivity contribution in [3.63, 3.8) is 0 Å². The topological polar surface area (TPSA) is 40.5 Å². The minimum absolute atomic E-state index is 0.149.